The smallest absolute Gasteiger partial charge is 0.313 e. The summed E-state index contributed by atoms with van der Waals surface area (Å²) in [5.41, 5.74) is 5.66. The zero-order valence-electron chi connectivity index (χ0n) is 23.1. The first-order chi connectivity index (χ1) is 19.2. The van der Waals surface area contributed by atoms with Gasteiger partial charge in [0.2, 0.25) is 5.91 Å². The largest absolute Gasteiger partial charge is 0.460 e. The summed E-state index contributed by atoms with van der Waals surface area (Å²) in [5, 5.41) is 3.95. The highest BCUT2D eigenvalue weighted by molar-refractivity contribution is 5.93. The van der Waals surface area contributed by atoms with Crippen molar-refractivity contribution in [3.8, 4) is 11.4 Å². The van der Waals surface area contributed by atoms with Gasteiger partial charge in [0, 0.05) is 17.0 Å². The number of carbonyl (C=O) groups is 2. The number of aromatic nitrogens is 2. The second-order valence-electron chi connectivity index (χ2n) is 11.0. The van der Waals surface area contributed by atoms with Crippen LogP contribution in [0.1, 0.15) is 72.5 Å². The molecule has 0 saturated carbocycles. The highest BCUT2D eigenvalue weighted by Crippen LogP contribution is 2.45. The number of amides is 1. The van der Waals surface area contributed by atoms with Crippen molar-refractivity contribution in [1.82, 2.24) is 14.9 Å². The molecule has 0 radical (unpaired) electrons. The first-order valence-electron chi connectivity index (χ1n) is 13.7. The van der Waals surface area contributed by atoms with Crippen LogP contribution in [0.25, 0.3) is 22.3 Å². The predicted molar refractivity (Wildman–Crippen MR) is 145 cm³/mol. The van der Waals surface area contributed by atoms with Crippen LogP contribution in [-0.4, -0.2) is 47.4 Å². The van der Waals surface area contributed by atoms with Crippen molar-refractivity contribution in [3.63, 3.8) is 0 Å². The number of hydrogen-bond acceptors (Lipinski definition) is 7. The lowest BCUT2D eigenvalue weighted by atomic mass is 9.81. The predicted octanol–water partition coefficient (Wildman–Crippen LogP) is 3.58. The maximum Gasteiger partial charge on any atom is 0.313 e. The van der Waals surface area contributed by atoms with Crippen molar-refractivity contribution in [2.75, 3.05) is 19.8 Å². The Morgan fingerprint density at radius 3 is 2.80 bits per heavy atom. The molecular formula is C30H32FN3O6. The summed E-state index contributed by atoms with van der Waals surface area (Å²) in [5.74, 6) is -1.55. The number of aryl methyl sites for hydroxylation is 1. The average molecular weight is 550 g/mol. The number of rotatable bonds is 7. The fourth-order valence-electron chi connectivity index (χ4n) is 6.18. The number of esters is 1. The molecule has 0 saturated heterocycles. The highest BCUT2D eigenvalue weighted by Gasteiger charge is 2.37. The number of ether oxygens (including phenoxy) is 3. The molecule has 1 aromatic carbocycles. The maximum absolute atomic E-state index is 15.0. The van der Waals surface area contributed by atoms with E-state index in [2.05, 4.69) is 5.32 Å². The molecular weight excluding hydrogens is 517 g/mol. The van der Waals surface area contributed by atoms with Crippen molar-refractivity contribution in [3.05, 3.63) is 61.7 Å². The molecule has 10 heteroatoms. The molecule has 3 aromatic rings. The fraction of sp³-hybridized carbons (Fsp3) is 0.467. The minimum Gasteiger partial charge on any atom is -0.460 e. The molecule has 2 aromatic heterocycles. The number of fused-ring (bicyclic) bond motifs is 5. The molecule has 1 amide bonds. The van der Waals surface area contributed by atoms with Gasteiger partial charge in [-0.2, -0.15) is 0 Å². The lowest BCUT2D eigenvalue weighted by Crippen LogP contribution is -2.34. The van der Waals surface area contributed by atoms with Crippen LogP contribution >= 0.6 is 0 Å². The highest BCUT2D eigenvalue weighted by atomic mass is 19.1. The fourth-order valence-corrected chi connectivity index (χ4v) is 6.18. The number of halogens is 1. The summed E-state index contributed by atoms with van der Waals surface area (Å²) in [6, 6.07) is 2.91. The Balaban J connectivity index is 1.42. The van der Waals surface area contributed by atoms with Gasteiger partial charge in [-0.1, -0.05) is 0 Å². The van der Waals surface area contributed by atoms with E-state index in [9.17, 15) is 18.8 Å². The Kier molecular flexibility index (Phi) is 6.70. The van der Waals surface area contributed by atoms with Crippen molar-refractivity contribution >= 4 is 22.8 Å². The van der Waals surface area contributed by atoms with Gasteiger partial charge in [-0.3, -0.25) is 14.4 Å². The van der Waals surface area contributed by atoms with Gasteiger partial charge in [-0.15, -0.1) is 0 Å². The first-order valence-corrected chi connectivity index (χ1v) is 13.7. The van der Waals surface area contributed by atoms with Gasteiger partial charge in [0.15, 0.2) is 0 Å². The molecule has 2 atom stereocenters. The Labute approximate surface area is 230 Å². The molecule has 3 aliphatic rings. The standard InChI is InChI=1S/C30H32FN3O6/c1-14(2)39-8-7-38-13-25(35)32-22-6-5-17-15(3)21(31)10-23-26(17)27(22)19-11-34-24(28(19)33-23)9-18-16(4)30(37)40-12-20(18)29(34)36/h9-10,14,16,22H,5-8,11-13H2,1-4H3,(H,32,35)/t16-,22-/m0/s1. The van der Waals surface area contributed by atoms with Gasteiger partial charge in [0.25, 0.3) is 5.56 Å². The van der Waals surface area contributed by atoms with Crippen LogP contribution in [0.15, 0.2) is 16.9 Å². The molecule has 4 heterocycles. The van der Waals surface area contributed by atoms with Gasteiger partial charge in [0.1, 0.15) is 19.0 Å². The third-order valence-electron chi connectivity index (χ3n) is 8.20. The molecule has 1 aliphatic carbocycles. The molecule has 0 spiro atoms. The van der Waals surface area contributed by atoms with Crippen molar-refractivity contribution in [2.45, 2.75) is 71.8 Å². The van der Waals surface area contributed by atoms with E-state index in [1.54, 1.807) is 18.4 Å². The van der Waals surface area contributed by atoms with Crippen LogP contribution in [0.2, 0.25) is 0 Å². The van der Waals surface area contributed by atoms with Crippen LogP contribution in [0, 0.1) is 12.7 Å². The zero-order valence-corrected chi connectivity index (χ0v) is 23.1. The van der Waals surface area contributed by atoms with E-state index in [0.29, 0.717) is 59.7 Å². The number of cyclic esters (lactones) is 1. The van der Waals surface area contributed by atoms with Crippen molar-refractivity contribution in [2.24, 2.45) is 0 Å². The van der Waals surface area contributed by atoms with Crippen LogP contribution in [0.4, 0.5) is 4.39 Å². The number of carbonyl (C=O) groups excluding carboxylic acids is 2. The van der Waals surface area contributed by atoms with Crippen LogP contribution in [0.3, 0.4) is 0 Å². The molecule has 9 nitrogen and oxygen atoms in total. The van der Waals surface area contributed by atoms with E-state index in [-0.39, 0.29) is 55.2 Å². The van der Waals surface area contributed by atoms with Gasteiger partial charge in [-0.05, 0) is 68.9 Å². The lowest BCUT2D eigenvalue weighted by Gasteiger charge is -2.29. The lowest BCUT2D eigenvalue weighted by molar-refractivity contribution is -0.147. The van der Waals surface area contributed by atoms with Crippen LogP contribution in [-0.2, 0) is 43.4 Å². The third kappa shape index (κ3) is 4.30. The Morgan fingerprint density at radius 1 is 1.23 bits per heavy atom. The van der Waals surface area contributed by atoms with Gasteiger partial charge in [0.05, 0.1) is 60.3 Å². The minimum absolute atomic E-state index is 0.0638. The Hall–Kier alpha value is -3.63. The van der Waals surface area contributed by atoms with Gasteiger partial charge >= 0.3 is 5.97 Å². The Morgan fingerprint density at radius 2 is 2.02 bits per heavy atom. The molecule has 6 rings (SSSR count). The molecule has 1 N–H and O–H groups in total. The quantitative estimate of drug-likeness (QED) is 0.277. The van der Waals surface area contributed by atoms with Crippen LogP contribution < -0.4 is 10.9 Å². The number of pyridine rings is 2. The summed E-state index contributed by atoms with van der Waals surface area (Å²) in [4.78, 5) is 43.6. The van der Waals surface area contributed by atoms with E-state index in [1.807, 2.05) is 19.9 Å². The van der Waals surface area contributed by atoms with Crippen LogP contribution in [0.5, 0.6) is 0 Å². The number of hydrogen-bond donors (Lipinski definition) is 1. The molecule has 0 fully saturated rings. The van der Waals surface area contributed by atoms with E-state index in [0.717, 1.165) is 22.1 Å². The Bertz CT molecular complexity index is 1630. The minimum atomic E-state index is -0.574. The average Bonchev–Trinajstić information content (AvgIpc) is 3.28. The topological polar surface area (TPSA) is 109 Å². The maximum atomic E-state index is 15.0. The third-order valence-corrected chi connectivity index (χ3v) is 8.20. The SMILES string of the molecule is Cc1c(F)cc2nc3c(c4c2c1CC[C@@H]4NC(=O)COCCOC(C)C)Cn1c-3cc2c(c1=O)COC(=O)[C@H]2C. The van der Waals surface area contributed by atoms with Gasteiger partial charge in [-0.25, -0.2) is 9.37 Å². The summed E-state index contributed by atoms with van der Waals surface area (Å²) in [6.07, 6.45) is 1.24. The van der Waals surface area contributed by atoms with Gasteiger partial charge < -0.3 is 24.1 Å². The van der Waals surface area contributed by atoms with Crippen molar-refractivity contribution in [1.29, 1.82) is 0 Å². The summed E-state index contributed by atoms with van der Waals surface area (Å²) in [7, 11) is 0. The first kappa shape index (κ1) is 26.6. The zero-order chi connectivity index (χ0) is 28.3. The second-order valence-corrected chi connectivity index (χ2v) is 11.0. The van der Waals surface area contributed by atoms with E-state index < -0.39 is 5.92 Å². The number of nitrogens with one attached hydrogen (secondary N) is 1. The summed E-state index contributed by atoms with van der Waals surface area (Å²) < 4.78 is 32.9. The summed E-state index contributed by atoms with van der Waals surface area (Å²) in [6.45, 7) is 8.15. The van der Waals surface area contributed by atoms with Crippen molar-refractivity contribution < 1.29 is 28.2 Å². The molecule has 0 unspecified atom stereocenters. The monoisotopic (exact) mass is 549 g/mol. The number of benzene rings is 1. The second kappa shape index (κ2) is 10.1. The molecule has 2 aliphatic heterocycles. The molecule has 210 valence electrons. The van der Waals surface area contributed by atoms with E-state index >= 15 is 0 Å². The van der Waals surface area contributed by atoms with E-state index in [4.69, 9.17) is 19.2 Å². The molecule has 40 heavy (non-hydrogen) atoms. The van der Waals surface area contributed by atoms with E-state index in [1.165, 1.54) is 6.07 Å². The number of nitrogens with zero attached hydrogens (tertiary/aromatic N) is 2. The normalized spacial score (nSPS) is 18.9. The molecule has 0 bridgehead atoms. The summed E-state index contributed by atoms with van der Waals surface area (Å²) >= 11 is 0.